The largest absolute Gasteiger partial charge is 0.468 e. The third-order valence-corrected chi connectivity index (χ3v) is 7.44. The molecule has 0 aromatic carbocycles. The zero-order chi connectivity index (χ0) is 13.7. The van der Waals surface area contributed by atoms with Crippen molar-refractivity contribution in [3.05, 3.63) is 10.1 Å². The van der Waals surface area contributed by atoms with E-state index in [1.807, 2.05) is 6.26 Å². The van der Waals surface area contributed by atoms with Gasteiger partial charge in [-0.15, -0.1) is 11.8 Å². The van der Waals surface area contributed by atoms with E-state index in [2.05, 4.69) is 19.6 Å². The number of esters is 1. The van der Waals surface area contributed by atoms with E-state index in [0.717, 1.165) is 11.3 Å². The lowest BCUT2D eigenvalue weighted by Gasteiger charge is -2.49. The normalized spacial score (nSPS) is 31.2. The minimum absolute atomic E-state index is 0.0608. The second kappa shape index (κ2) is 4.23. The van der Waals surface area contributed by atoms with Gasteiger partial charge >= 0.3 is 5.97 Å². The summed E-state index contributed by atoms with van der Waals surface area (Å²) in [6, 6.07) is 0. The van der Waals surface area contributed by atoms with Crippen LogP contribution in [-0.4, -0.2) is 33.2 Å². The molecule has 100 valence electrons. The Morgan fingerprint density at radius 2 is 2.06 bits per heavy atom. The Morgan fingerprint density at radius 1 is 1.44 bits per heavy atom. The molecule has 0 radical (unpaired) electrons. The second-order valence-corrected chi connectivity index (χ2v) is 11.9. The predicted molar refractivity (Wildman–Crippen MR) is 76.1 cm³/mol. The third-order valence-electron chi connectivity index (χ3n) is 4.09. The van der Waals surface area contributed by atoms with Gasteiger partial charge in [0.25, 0.3) is 0 Å². The van der Waals surface area contributed by atoms with E-state index in [4.69, 9.17) is 4.74 Å². The monoisotopic (exact) mass is 284 g/mol. The van der Waals surface area contributed by atoms with E-state index in [1.54, 1.807) is 11.8 Å². The topological polar surface area (TPSA) is 43.4 Å². The maximum absolute atomic E-state index is 12.3. The maximum Gasteiger partial charge on any atom is 0.325 e. The van der Waals surface area contributed by atoms with Crippen molar-refractivity contribution < 1.29 is 14.3 Å². The molecule has 0 saturated heterocycles. The molecule has 18 heavy (non-hydrogen) atoms. The van der Waals surface area contributed by atoms with Crippen molar-refractivity contribution in [2.75, 3.05) is 13.4 Å². The van der Waals surface area contributed by atoms with Crippen molar-refractivity contribution in [2.45, 2.75) is 32.5 Å². The number of carbonyl (C=O) groups is 2. The molecule has 0 aromatic heterocycles. The summed E-state index contributed by atoms with van der Waals surface area (Å²) in [4.78, 5) is 25.4. The molecule has 0 amide bonds. The van der Waals surface area contributed by atoms with E-state index < -0.39 is 13.5 Å². The van der Waals surface area contributed by atoms with E-state index in [9.17, 15) is 9.59 Å². The summed E-state index contributed by atoms with van der Waals surface area (Å²) >= 11 is 1.56. The van der Waals surface area contributed by atoms with Gasteiger partial charge in [0.2, 0.25) is 0 Å². The van der Waals surface area contributed by atoms with Crippen LogP contribution in [0.3, 0.4) is 0 Å². The van der Waals surface area contributed by atoms with E-state index >= 15 is 0 Å². The van der Waals surface area contributed by atoms with Gasteiger partial charge in [0.15, 0.2) is 11.2 Å². The number of ether oxygens (including phenoxy) is 1. The molecule has 0 spiro atoms. The standard InChI is InChI=1S/C13H20O3SSi/c1-16-12(15)13-8(6-7-9(13)14)10(11(13)17-2)18(3,4)5/h8H,6-7H2,1-5H3. The fourth-order valence-corrected chi connectivity index (χ4v) is 8.00. The average Bonchev–Trinajstić information content (AvgIpc) is 2.51. The molecule has 2 atom stereocenters. The Balaban J connectivity index is 2.59. The maximum atomic E-state index is 12.3. The summed E-state index contributed by atoms with van der Waals surface area (Å²) in [5.41, 5.74) is -0.927. The summed E-state index contributed by atoms with van der Waals surface area (Å²) in [6.45, 7) is 6.84. The molecule has 2 rings (SSSR count). The van der Waals surface area contributed by atoms with Crippen molar-refractivity contribution in [3.63, 3.8) is 0 Å². The molecule has 0 N–H and O–H groups in total. The zero-order valence-electron chi connectivity index (χ0n) is 11.6. The van der Waals surface area contributed by atoms with Crippen molar-refractivity contribution in [1.29, 1.82) is 0 Å². The van der Waals surface area contributed by atoms with Gasteiger partial charge in [-0.25, -0.2) is 0 Å². The number of hydrogen-bond donors (Lipinski definition) is 0. The highest BCUT2D eigenvalue weighted by Gasteiger charge is 2.68. The Morgan fingerprint density at radius 3 is 2.50 bits per heavy atom. The molecule has 5 heteroatoms. The highest BCUT2D eigenvalue weighted by atomic mass is 32.2. The smallest absolute Gasteiger partial charge is 0.325 e. The number of methoxy groups -OCH3 is 1. The van der Waals surface area contributed by atoms with E-state index in [-0.39, 0.29) is 17.7 Å². The summed E-state index contributed by atoms with van der Waals surface area (Å²) in [5, 5.41) is 1.41. The lowest BCUT2D eigenvalue weighted by Crippen LogP contribution is -2.55. The van der Waals surface area contributed by atoms with Crippen LogP contribution in [0.5, 0.6) is 0 Å². The number of ketones is 1. The van der Waals surface area contributed by atoms with Crippen molar-refractivity contribution in [1.82, 2.24) is 0 Å². The number of rotatable bonds is 3. The third kappa shape index (κ3) is 1.49. The molecular formula is C13H20O3SSi. The Hall–Kier alpha value is -0.553. The molecule has 1 fully saturated rings. The van der Waals surface area contributed by atoms with Crippen LogP contribution < -0.4 is 0 Å². The van der Waals surface area contributed by atoms with Gasteiger partial charge in [-0.05, 0) is 12.7 Å². The number of allylic oxidation sites excluding steroid dienone is 1. The molecule has 1 saturated carbocycles. The first kappa shape index (κ1) is 13.9. The number of Topliss-reactive ketones (excluding diaryl/α,β-unsaturated/α-hetero) is 1. The van der Waals surface area contributed by atoms with Gasteiger partial charge in [-0.2, -0.15) is 0 Å². The summed E-state index contributed by atoms with van der Waals surface area (Å²) in [5.74, 6) is -0.168. The first-order valence-corrected chi connectivity index (χ1v) is 10.9. The molecule has 0 heterocycles. The molecular weight excluding hydrogens is 264 g/mol. The highest BCUT2D eigenvalue weighted by molar-refractivity contribution is 8.02. The summed E-state index contributed by atoms with van der Waals surface area (Å²) < 4.78 is 4.93. The Kier molecular flexibility index (Phi) is 3.26. The summed E-state index contributed by atoms with van der Waals surface area (Å²) in [7, 11) is -0.101. The van der Waals surface area contributed by atoms with Crippen LogP contribution in [0.4, 0.5) is 0 Å². The second-order valence-electron chi connectivity index (χ2n) is 6.01. The molecule has 0 bridgehead atoms. The lowest BCUT2D eigenvalue weighted by molar-refractivity contribution is -0.156. The van der Waals surface area contributed by atoms with Crippen LogP contribution in [-0.2, 0) is 14.3 Å². The van der Waals surface area contributed by atoms with E-state index in [1.165, 1.54) is 12.3 Å². The first-order chi connectivity index (χ1) is 8.31. The van der Waals surface area contributed by atoms with Crippen LogP contribution in [0.15, 0.2) is 10.1 Å². The minimum Gasteiger partial charge on any atom is -0.468 e. The van der Waals surface area contributed by atoms with Crippen LogP contribution in [0.2, 0.25) is 19.6 Å². The van der Waals surface area contributed by atoms with Crippen LogP contribution >= 0.6 is 11.8 Å². The highest BCUT2D eigenvalue weighted by Crippen LogP contribution is 2.64. The van der Waals surface area contributed by atoms with Gasteiger partial charge < -0.3 is 4.74 Å². The zero-order valence-corrected chi connectivity index (χ0v) is 13.4. The Bertz CT molecular complexity index is 450. The van der Waals surface area contributed by atoms with Crippen molar-refractivity contribution in [2.24, 2.45) is 11.3 Å². The molecule has 0 aliphatic heterocycles. The molecule has 2 unspecified atom stereocenters. The van der Waals surface area contributed by atoms with E-state index in [0.29, 0.717) is 6.42 Å². The first-order valence-electron chi connectivity index (χ1n) is 6.22. The number of thioether (sulfide) groups is 1. The fourth-order valence-electron chi connectivity index (χ4n) is 3.47. The number of carbonyl (C=O) groups excluding carboxylic acids is 2. The average molecular weight is 284 g/mol. The van der Waals surface area contributed by atoms with Gasteiger partial charge in [0, 0.05) is 17.2 Å². The quantitative estimate of drug-likeness (QED) is 0.454. The van der Waals surface area contributed by atoms with Crippen LogP contribution in [0.25, 0.3) is 0 Å². The molecule has 2 aliphatic rings. The van der Waals surface area contributed by atoms with Gasteiger partial charge in [0.05, 0.1) is 15.2 Å². The van der Waals surface area contributed by atoms with Gasteiger partial charge in [0.1, 0.15) is 0 Å². The van der Waals surface area contributed by atoms with Gasteiger partial charge in [-0.3, -0.25) is 9.59 Å². The van der Waals surface area contributed by atoms with Crippen molar-refractivity contribution >= 4 is 31.6 Å². The lowest BCUT2D eigenvalue weighted by atomic mass is 9.67. The fraction of sp³-hybridized carbons (Fsp3) is 0.692. The summed E-state index contributed by atoms with van der Waals surface area (Å²) in [6.07, 6.45) is 3.29. The minimum atomic E-state index is -1.48. The SMILES string of the molecule is COC(=O)C12C(=O)CCC1C([Si](C)(C)C)=C2SC. The predicted octanol–water partition coefficient (Wildman–Crippen LogP) is 2.63. The number of hydrogen-bond acceptors (Lipinski definition) is 4. The molecule has 0 aromatic rings. The van der Waals surface area contributed by atoms with Crippen LogP contribution in [0, 0.1) is 11.3 Å². The Labute approximate surface area is 113 Å². The molecule has 2 aliphatic carbocycles. The molecule has 3 nitrogen and oxygen atoms in total. The van der Waals surface area contributed by atoms with Gasteiger partial charge in [-0.1, -0.05) is 24.8 Å². The number of fused-ring (bicyclic) bond motifs is 1. The van der Waals surface area contributed by atoms with Crippen molar-refractivity contribution in [3.8, 4) is 0 Å². The van der Waals surface area contributed by atoms with Crippen LogP contribution in [0.1, 0.15) is 12.8 Å².